The molecule has 1 fully saturated rings. The Morgan fingerprint density at radius 2 is 2.06 bits per heavy atom. The van der Waals surface area contributed by atoms with Gasteiger partial charge in [0.1, 0.15) is 17.3 Å². The lowest BCUT2D eigenvalue weighted by Crippen LogP contribution is -2.35. The molecular weight excluding hydrogens is 238 g/mol. The van der Waals surface area contributed by atoms with E-state index in [4.69, 9.17) is 5.73 Å². The number of amides is 1. The third-order valence-corrected chi connectivity index (χ3v) is 3.44. The van der Waals surface area contributed by atoms with Gasteiger partial charge in [0.25, 0.3) is 5.91 Å². The standard InChI is InChI=1S/C13H16F2N2O/c1-2-9-4-3-5-17(9)13(18)8-6-10(14)12(16)11(15)7-8/h6-7,9H,2-5,16H2,1H3. The molecule has 18 heavy (non-hydrogen) atoms. The first kappa shape index (κ1) is 12.8. The molecule has 98 valence electrons. The number of rotatable bonds is 2. The van der Waals surface area contributed by atoms with E-state index in [1.54, 1.807) is 4.90 Å². The van der Waals surface area contributed by atoms with Crippen molar-refractivity contribution < 1.29 is 13.6 Å². The topological polar surface area (TPSA) is 46.3 Å². The summed E-state index contributed by atoms with van der Waals surface area (Å²) >= 11 is 0. The second kappa shape index (κ2) is 4.92. The van der Waals surface area contributed by atoms with E-state index in [1.807, 2.05) is 6.92 Å². The molecule has 1 heterocycles. The number of nitrogens with zero attached hydrogens (tertiary/aromatic N) is 1. The summed E-state index contributed by atoms with van der Waals surface area (Å²) < 4.78 is 26.7. The molecule has 0 aliphatic carbocycles. The van der Waals surface area contributed by atoms with Crippen LogP contribution < -0.4 is 5.73 Å². The minimum absolute atomic E-state index is 0.0274. The summed E-state index contributed by atoms with van der Waals surface area (Å²) in [5.74, 6) is -2.09. The van der Waals surface area contributed by atoms with Crippen molar-refractivity contribution in [3.63, 3.8) is 0 Å². The number of halogens is 2. The summed E-state index contributed by atoms with van der Waals surface area (Å²) in [6.07, 6.45) is 2.73. The summed E-state index contributed by atoms with van der Waals surface area (Å²) in [5, 5.41) is 0. The first-order valence-electron chi connectivity index (χ1n) is 6.10. The van der Waals surface area contributed by atoms with E-state index < -0.39 is 17.3 Å². The molecule has 1 amide bonds. The zero-order valence-electron chi connectivity index (χ0n) is 10.2. The van der Waals surface area contributed by atoms with E-state index in [0.29, 0.717) is 6.54 Å². The molecule has 1 aromatic rings. The summed E-state index contributed by atoms with van der Waals surface area (Å²) in [5.41, 5.74) is 4.67. The molecule has 1 aliphatic rings. The van der Waals surface area contributed by atoms with Gasteiger partial charge in [-0.25, -0.2) is 8.78 Å². The van der Waals surface area contributed by atoms with E-state index in [2.05, 4.69) is 0 Å². The number of nitrogens with two attached hydrogens (primary N) is 1. The molecule has 0 radical (unpaired) electrons. The molecule has 2 N–H and O–H groups in total. The van der Waals surface area contributed by atoms with Crippen molar-refractivity contribution >= 4 is 11.6 Å². The normalized spacial score (nSPS) is 19.3. The first-order valence-corrected chi connectivity index (χ1v) is 6.10. The molecule has 1 aliphatic heterocycles. The van der Waals surface area contributed by atoms with Gasteiger partial charge in [0.2, 0.25) is 0 Å². The van der Waals surface area contributed by atoms with Crippen LogP contribution in [0.15, 0.2) is 12.1 Å². The Labute approximate surface area is 105 Å². The number of nitrogen functional groups attached to an aromatic ring is 1. The van der Waals surface area contributed by atoms with Gasteiger partial charge in [-0.15, -0.1) is 0 Å². The maximum Gasteiger partial charge on any atom is 0.254 e. The van der Waals surface area contributed by atoms with Gasteiger partial charge in [0, 0.05) is 18.2 Å². The van der Waals surface area contributed by atoms with Crippen molar-refractivity contribution in [3.05, 3.63) is 29.3 Å². The molecular formula is C13H16F2N2O. The van der Waals surface area contributed by atoms with Gasteiger partial charge in [-0.2, -0.15) is 0 Å². The highest BCUT2D eigenvalue weighted by Crippen LogP contribution is 2.24. The molecule has 0 aromatic heterocycles. The lowest BCUT2D eigenvalue weighted by atomic mass is 10.1. The van der Waals surface area contributed by atoms with Crippen molar-refractivity contribution in [3.8, 4) is 0 Å². The van der Waals surface area contributed by atoms with Crippen molar-refractivity contribution in [1.82, 2.24) is 4.90 Å². The highest BCUT2D eigenvalue weighted by Gasteiger charge is 2.28. The van der Waals surface area contributed by atoms with Crippen molar-refractivity contribution in [2.45, 2.75) is 32.2 Å². The van der Waals surface area contributed by atoms with Crippen LogP contribution in [0.5, 0.6) is 0 Å². The fourth-order valence-corrected chi connectivity index (χ4v) is 2.40. The molecule has 0 bridgehead atoms. The van der Waals surface area contributed by atoms with Crippen LogP contribution in [-0.2, 0) is 0 Å². The average Bonchev–Trinajstić information content (AvgIpc) is 2.82. The number of likely N-dealkylation sites (tertiary alicyclic amines) is 1. The molecule has 1 atom stereocenters. The second-order valence-electron chi connectivity index (χ2n) is 4.56. The van der Waals surface area contributed by atoms with E-state index in [1.165, 1.54) is 0 Å². The monoisotopic (exact) mass is 254 g/mol. The van der Waals surface area contributed by atoms with E-state index in [9.17, 15) is 13.6 Å². The number of benzene rings is 1. The van der Waals surface area contributed by atoms with E-state index in [-0.39, 0.29) is 17.5 Å². The maximum absolute atomic E-state index is 13.3. The van der Waals surface area contributed by atoms with Crippen LogP contribution in [0, 0.1) is 11.6 Å². The highest BCUT2D eigenvalue weighted by atomic mass is 19.1. The number of carbonyl (C=O) groups is 1. The SMILES string of the molecule is CCC1CCCN1C(=O)c1cc(F)c(N)c(F)c1. The average molecular weight is 254 g/mol. The van der Waals surface area contributed by atoms with Crippen LogP contribution in [-0.4, -0.2) is 23.4 Å². The highest BCUT2D eigenvalue weighted by molar-refractivity contribution is 5.95. The van der Waals surface area contributed by atoms with Crippen LogP contribution in [0.3, 0.4) is 0 Å². The third-order valence-electron chi connectivity index (χ3n) is 3.44. The summed E-state index contributed by atoms with van der Waals surface area (Å²) in [6, 6.07) is 2.18. The fraction of sp³-hybridized carbons (Fsp3) is 0.462. The van der Waals surface area contributed by atoms with Crippen LogP contribution in [0.2, 0.25) is 0 Å². The van der Waals surface area contributed by atoms with Gasteiger partial charge in [-0.3, -0.25) is 4.79 Å². The quantitative estimate of drug-likeness (QED) is 0.824. The molecule has 1 aromatic carbocycles. The van der Waals surface area contributed by atoms with Gasteiger partial charge in [-0.05, 0) is 31.4 Å². The Morgan fingerprint density at radius 1 is 1.44 bits per heavy atom. The Morgan fingerprint density at radius 3 is 2.61 bits per heavy atom. The van der Waals surface area contributed by atoms with Crippen LogP contribution in [0.25, 0.3) is 0 Å². The molecule has 2 rings (SSSR count). The smallest absolute Gasteiger partial charge is 0.254 e. The molecule has 3 nitrogen and oxygen atoms in total. The van der Waals surface area contributed by atoms with Crippen LogP contribution in [0.4, 0.5) is 14.5 Å². The van der Waals surface area contributed by atoms with Gasteiger partial charge in [-0.1, -0.05) is 6.92 Å². The number of carbonyl (C=O) groups excluding carboxylic acids is 1. The van der Waals surface area contributed by atoms with Gasteiger partial charge < -0.3 is 10.6 Å². The van der Waals surface area contributed by atoms with Gasteiger partial charge >= 0.3 is 0 Å². The Kier molecular flexibility index (Phi) is 3.50. The summed E-state index contributed by atoms with van der Waals surface area (Å²) in [7, 11) is 0. The molecule has 1 unspecified atom stereocenters. The lowest BCUT2D eigenvalue weighted by molar-refractivity contribution is 0.0732. The minimum atomic E-state index is -0.884. The van der Waals surface area contributed by atoms with Crippen LogP contribution >= 0.6 is 0 Å². The fourth-order valence-electron chi connectivity index (χ4n) is 2.40. The van der Waals surface area contributed by atoms with Crippen molar-refractivity contribution in [2.75, 3.05) is 12.3 Å². The minimum Gasteiger partial charge on any atom is -0.394 e. The first-order chi connectivity index (χ1) is 8.54. The summed E-state index contributed by atoms with van der Waals surface area (Å²) in [6.45, 7) is 2.64. The maximum atomic E-state index is 13.3. The zero-order chi connectivity index (χ0) is 13.3. The van der Waals surface area contributed by atoms with Crippen molar-refractivity contribution in [2.24, 2.45) is 0 Å². The van der Waals surface area contributed by atoms with Crippen LogP contribution in [0.1, 0.15) is 36.5 Å². The van der Waals surface area contributed by atoms with Gasteiger partial charge in [0.05, 0.1) is 0 Å². The summed E-state index contributed by atoms with van der Waals surface area (Å²) in [4.78, 5) is 13.9. The predicted octanol–water partition coefficient (Wildman–Crippen LogP) is 2.56. The number of hydrogen-bond acceptors (Lipinski definition) is 2. The zero-order valence-corrected chi connectivity index (χ0v) is 10.2. The largest absolute Gasteiger partial charge is 0.394 e. The third kappa shape index (κ3) is 2.17. The van der Waals surface area contributed by atoms with E-state index >= 15 is 0 Å². The Balaban J connectivity index is 2.29. The van der Waals surface area contributed by atoms with Gasteiger partial charge in [0.15, 0.2) is 0 Å². The second-order valence-corrected chi connectivity index (χ2v) is 4.56. The Bertz CT molecular complexity index is 453. The number of hydrogen-bond donors (Lipinski definition) is 1. The van der Waals surface area contributed by atoms with Crippen molar-refractivity contribution in [1.29, 1.82) is 0 Å². The number of anilines is 1. The molecule has 1 saturated heterocycles. The molecule has 0 saturated carbocycles. The lowest BCUT2D eigenvalue weighted by Gasteiger charge is -2.23. The molecule has 0 spiro atoms. The predicted molar refractivity (Wildman–Crippen MR) is 65.1 cm³/mol. The Hall–Kier alpha value is -1.65. The van der Waals surface area contributed by atoms with E-state index in [0.717, 1.165) is 31.4 Å². The molecule has 5 heteroatoms.